The molecule has 0 aliphatic rings. The molecule has 2 heteroatoms. The molecular formula is C16H18O2. The molecule has 0 radical (unpaired) electrons. The molecule has 94 valence electrons. The second-order valence-corrected chi connectivity index (χ2v) is 5.47. The zero-order chi connectivity index (χ0) is 13.3. The van der Waals surface area contributed by atoms with E-state index in [1.807, 2.05) is 51.1 Å². The van der Waals surface area contributed by atoms with Gasteiger partial charge in [-0.15, -0.1) is 0 Å². The summed E-state index contributed by atoms with van der Waals surface area (Å²) in [6.45, 7) is 5.91. The van der Waals surface area contributed by atoms with Gasteiger partial charge in [-0.05, 0) is 23.1 Å². The zero-order valence-corrected chi connectivity index (χ0v) is 10.9. The van der Waals surface area contributed by atoms with Gasteiger partial charge in [0.15, 0.2) is 0 Å². The average Bonchev–Trinajstić information content (AvgIpc) is 2.28. The molecule has 0 amide bonds. The van der Waals surface area contributed by atoms with Gasteiger partial charge in [0, 0.05) is 11.1 Å². The third-order valence-electron chi connectivity index (χ3n) is 2.99. The Morgan fingerprint density at radius 3 is 2.00 bits per heavy atom. The lowest BCUT2D eigenvalue weighted by Crippen LogP contribution is -2.12. The molecule has 0 aromatic heterocycles. The average molecular weight is 242 g/mol. The van der Waals surface area contributed by atoms with Gasteiger partial charge in [0.2, 0.25) is 0 Å². The third-order valence-corrected chi connectivity index (χ3v) is 2.99. The second kappa shape index (κ2) is 4.37. The van der Waals surface area contributed by atoms with Crippen LogP contribution in [-0.2, 0) is 5.41 Å². The topological polar surface area (TPSA) is 40.5 Å². The maximum atomic E-state index is 10.4. The highest BCUT2D eigenvalue weighted by atomic mass is 16.3. The Balaban J connectivity index is 2.66. The van der Waals surface area contributed by atoms with Crippen LogP contribution in [0.1, 0.15) is 26.3 Å². The molecule has 0 aliphatic heterocycles. The van der Waals surface area contributed by atoms with Gasteiger partial charge in [-0.1, -0.05) is 51.1 Å². The summed E-state index contributed by atoms with van der Waals surface area (Å²) in [4.78, 5) is 0. The molecule has 0 saturated carbocycles. The van der Waals surface area contributed by atoms with Crippen LogP contribution in [0, 0.1) is 0 Å². The molecule has 0 saturated heterocycles. The van der Waals surface area contributed by atoms with E-state index in [1.54, 1.807) is 12.1 Å². The zero-order valence-electron chi connectivity index (χ0n) is 10.9. The minimum atomic E-state index is -0.307. The second-order valence-electron chi connectivity index (χ2n) is 5.47. The highest BCUT2D eigenvalue weighted by Gasteiger charge is 2.24. The number of benzene rings is 2. The lowest BCUT2D eigenvalue weighted by Gasteiger charge is -2.23. The van der Waals surface area contributed by atoms with Gasteiger partial charge < -0.3 is 10.2 Å². The normalized spacial score (nSPS) is 11.5. The van der Waals surface area contributed by atoms with Crippen molar-refractivity contribution in [1.82, 2.24) is 0 Å². The van der Waals surface area contributed by atoms with Crippen LogP contribution in [0.5, 0.6) is 11.5 Å². The first-order valence-electron chi connectivity index (χ1n) is 6.02. The lowest BCUT2D eigenvalue weighted by molar-refractivity contribution is 0.412. The Morgan fingerprint density at radius 1 is 0.833 bits per heavy atom. The Labute approximate surface area is 108 Å². The summed E-state index contributed by atoms with van der Waals surface area (Å²) in [6, 6.07) is 13.1. The van der Waals surface area contributed by atoms with Crippen molar-refractivity contribution in [2.24, 2.45) is 0 Å². The summed E-state index contributed by atoms with van der Waals surface area (Å²) in [5.74, 6) is 0.299. The largest absolute Gasteiger partial charge is 0.508 e. The number of hydrogen-bond donors (Lipinski definition) is 2. The van der Waals surface area contributed by atoms with Crippen LogP contribution in [0.2, 0.25) is 0 Å². The maximum Gasteiger partial charge on any atom is 0.130 e. The van der Waals surface area contributed by atoms with Gasteiger partial charge >= 0.3 is 0 Å². The van der Waals surface area contributed by atoms with Crippen LogP contribution in [-0.4, -0.2) is 10.2 Å². The van der Waals surface area contributed by atoms with Gasteiger partial charge in [0.25, 0.3) is 0 Å². The van der Waals surface area contributed by atoms with Crippen molar-refractivity contribution in [2.45, 2.75) is 26.2 Å². The molecule has 0 fully saturated rings. The van der Waals surface area contributed by atoms with Crippen molar-refractivity contribution in [3.05, 3.63) is 48.0 Å². The van der Waals surface area contributed by atoms with Gasteiger partial charge in [-0.3, -0.25) is 0 Å². The molecule has 2 N–H and O–H groups in total. The van der Waals surface area contributed by atoms with Crippen LogP contribution in [0.3, 0.4) is 0 Å². The summed E-state index contributed by atoms with van der Waals surface area (Å²) in [5, 5.41) is 20.3. The predicted molar refractivity (Wildman–Crippen MR) is 73.9 cm³/mol. The van der Waals surface area contributed by atoms with Crippen molar-refractivity contribution in [1.29, 1.82) is 0 Å². The molecule has 0 bridgehead atoms. The molecule has 2 aromatic carbocycles. The maximum absolute atomic E-state index is 10.4. The fourth-order valence-corrected chi connectivity index (χ4v) is 2.17. The molecule has 0 aliphatic carbocycles. The number of rotatable bonds is 1. The van der Waals surface area contributed by atoms with E-state index in [0.29, 0.717) is 5.56 Å². The number of phenolic OH excluding ortho intramolecular Hbond substituents is 2. The number of hydrogen-bond acceptors (Lipinski definition) is 2. The van der Waals surface area contributed by atoms with E-state index in [9.17, 15) is 10.2 Å². The van der Waals surface area contributed by atoms with Crippen molar-refractivity contribution < 1.29 is 10.2 Å². The molecular weight excluding hydrogens is 224 g/mol. The fourth-order valence-electron chi connectivity index (χ4n) is 2.17. The highest BCUT2D eigenvalue weighted by Crippen LogP contribution is 2.43. The molecule has 0 unspecified atom stereocenters. The van der Waals surface area contributed by atoms with Crippen molar-refractivity contribution in [2.75, 3.05) is 0 Å². The van der Waals surface area contributed by atoms with E-state index in [4.69, 9.17) is 0 Å². The molecule has 0 atom stereocenters. The molecule has 2 aromatic rings. The standard InChI is InChI=1S/C16H18O2/c1-16(2,3)14-13(17)10-9-12(15(14)18)11-7-5-4-6-8-11/h4-10,17-18H,1-3H3. The highest BCUT2D eigenvalue weighted by molar-refractivity contribution is 5.74. The quantitative estimate of drug-likeness (QED) is 0.791. The Morgan fingerprint density at radius 2 is 1.44 bits per heavy atom. The first-order chi connectivity index (χ1) is 8.41. The fraction of sp³-hybridized carbons (Fsp3) is 0.250. The van der Waals surface area contributed by atoms with E-state index in [0.717, 1.165) is 11.1 Å². The smallest absolute Gasteiger partial charge is 0.130 e. The molecule has 2 nitrogen and oxygen atoms in total. The van der Waals surface area contributed by atoms with Crippen LogP contribution in [0.4, 0.5) is 0 Å². The summed E-state index contributed by atoms with van der Waals surface area (Å²) < 4.78 is 0. The molecule has 2 rings (SSSR count). The van der Waals surface area contributed by atoms with Gasteiger partial charge in [-0.25, -0.2) is 0 Å². The minimum absolute atomic E-state index is 0.139. The number of aromatic hydroxyl groups is 2. The monoisotopic (exact) mass is 242 g/mol. The summed E-state index contributed by atoms with van der Waals surface area (Å²) in [5.41, 5.74) is 1.97. The van der Waals surface area contributed by atoms with Crippen LogP contribution in [0.25, 0.3) is 11.1 Å². The van der Waals surface area contributed by atoms with Crippen molar-refractivity contribution in [3.8, 4) is 22.6 Å². The third kappa shape index (κ3) is 2.19. The predicted octanol–water partition coefficient (Wildman–Crippen LogP) is 4.06. The first kappa shape index (κ1) is 12.5. The number of phenols is 2. The van der Waals surface area contributed by atoms with Crippen molar-refractivity contribution in [3.63, 3.8) is 0 Å². The summed E-state index contributed by atoms with van der Waals surface area (Å²) in [7, 11) is 0. The van der Waals surface area contributed by atoms with Crippen LogP contribution >= 0.6 is 0 Å². The van der Waals surface area contributed by atoms with Crippen LogP contribution < -0.4 is 0 Å². The SMILES string of the molecule is CC(C)(C)c1c(O)ccc(-c2ccccc2)c1O. The van der Waals surface area contributed by atoms with E-state index >= 15 is 0 Å². The van der Waals surface area contributed by atoms with E-state index < -0.39 is 0 Å². The summed E-state index contributed by atoms with van der Waals surface area (Å²) in [6.07, 6.45) is 0. The van der Waals surface area contributed by atoms with Gasteiger partial charge in [0.1, 0.15) is 11.5 Å². The van der Waals surface area contributed by atoms with E-state index in [2.05, 4.69) is 0 Å². The Bertz CT molecular complexity index is 551. The lowest BCUT2D eigenvalue weighted by atomic mass is 9.83. The van der Waals surface area contributed by atoms with Gasteiger partial charge in [-0.2, -0.15) is 0 Å². The molecule has 0 heterocycles. The van der Waals surface area contributed by atoms with E-state index in [-0.39, 0.29) is 16.9 Å². The molecule has 18 heavy (non-hydrogen) atoms. The first-order valence-corrected chi connectivity index (χ1v) is 6.02. The Hall–Kier alpha value is -1.96. The summed E-state index contributed by atoms with van der Waals surface area (Å²) >= 11 is 0. The van der Waals surface area contributed by atoms with Crippen LogP contribution in [0.15, 0.2) is 42.5 Å². The van der Waals surface area contributed by atoms with E-state index in [1.165, 1.54) is 0 Å². The molecule has 0 spiro atoms. The Kier molecular flexibility index (Phi) is 3.04. The van der Waals surface area contributed by atoms with Gasteiger partial charge in [0.05, 0.1) is 0 Å². The minimum Gasteiger partial charge on any atom is -0.508 e. The van der Waals surface area contributed by atoms with Crippen molar-refractivity contribution >= 4 is 0 Å².